The van der Waals surface area contributed by atoms with Gasteiger partial charge in [0.25, 0.3) is 10.0 Å². The number of nitrogens with one attached hydrogen (secondary N) is 1. The first-order chi connectivity index (χ1) is 11.3. The summed E-state index contributed by atoms with van der Waals surface area (Å²) < 4.78 is 28.7. The van der Waals surface area contributed by atoms with E-state index >= 15 is 0 Å². The molecule has 0 bridgehead atoms. The molecule has 130 valence electrons. The van der Waals surface area contributed by atoms with Crippen molar-refractivity contribution in [2.45, 2.75) is 37.9 Å². The SMILES string of the molecule is CC(C)Cn1cnc(S(=O)(=O)N[C@@H](Cc2ccccc2)C(=O)O)c1. The minimum atomic E-state index is -4.00. The molecule has 0 spiro atoms. The summed E-state index contributed by atoms with van der Waals surface area (Å²) in [6, 6.07) is 7.60. The Labute approximate surface area is 141 Å². The number of imidazole rings is 1. The summed E-state index contributed by atoms with van der Waals surface area (Å²) in [4.78, 5) is 15.3. The van der Waals surface area contributed by atoms with Crippen LogP contribution in [0.1, 0.15) is 19.4 Å². The van der Waals surface area contributed by atoms with Crippen molar-refractivity contribution in [3.05, 3.63) is 48.4 Å². The normalized spacial score (nSPS) is 13.1. The average molecular weight is 351 g/mol. The molecule has 0 radical (unpaired) electrons. The number of aliphatic carboxylic acids is 1. The summed E-state index contributed by atoms with van der Waals surface area (Å²) in [6.45, 7) is 4.65. The molecule has 1 aromatic heterocycles. The van der Waals surface area contributed by atoms with E-state index in [4.69, 9.17) is 0 Å². The number of benzene rings is 1. The molecule has 0 unspecified atom stereocenters. The van der Waals surface area contributed by atoms with Gasteiger partial charge in [0.15, 0.2) is 5.03 Å². The highest BCUT2D eigenvalue weighted by atomic mass is 32.2. The van der Waals surface area contributed by atoms with E-state index in [1.165, 1.54) is 12.5 Å². The Balaban J connectivity index is 2.15. The molecule has 1 atom stereocenters. The summed E-state index contributed by atoms with van der Waals surface area (Å²) in [5.41, 5.74) is 0.734. The smallest absolute Gasteiger partial charge is 0.322 e. The van der Waals surface area contributed by atoms with Crippen molar-refractivity contribution < 1.29 is 18.3 Å². The first-order valence-corrected chi connectivity index (χ1v) is 9.07. The van der Waals surface area contributed by atoms with Gasteiger partial charge in [-0.3, -0.25) is 4.79 Å². The van der Waals surface area contributed by atoms with E-state index in [-0.39, 0.29) is 11.4 Å². The molecule has 7 nitrogen and oxygen atoms in total. The number of hydrogen-bond donors (Lipinski definition) is 2. The van der Waals surface area contributed by atoms with Crippen molar-refractivity contribution in [2.24, 2.45) is 5.92 Å². The standard InChI is InChI=1S/C16H21N3O4S/c1-12(2)9-19-10-15(17-11-19)24(22,23)18-14(16(20)21)8-13-6-4-3-5-7-13/h3-7,10-12,14,18H,8-9H2,1-2H3,(H,20,21)/t14-/m0/s1. The second-order valence-electron chi connectivity index (χ2n) is 6.00. The largest absolute Gasteiger partial charge is 0.480 e. The Kier molecular flexibility index (Phi) is 5.74. The predicted octanol–water partition coefficient (Wildman–Crippen LogP) is 1.51. The number of sulfonamides is 1. The van der Waals surface area contributed by atoms with Gasteiger partial charge in [0.1, 0.15) is 6.04 Å². The monoisotopic (exact) mass is 351 g/mol. The molecule has 0 saturated heterocycles. The van der Waals surface area contributed by atoms with E-state index < -0.39 is 22.0 Å². The van der Waals surface area contributed by atoms with Gasteiger partial charge in [0, 0.05) is 12.7 Å². The number of carboxylic acids is 1. The van der Waals surface area contributed by atoms with Crippen LogP contribution in [0.4, 0.5) is 0 Å². The highest BCUT2D eigenvalue weighted by Gasteiger charge is 2.27. The number of carbonyl (C=O) groups is 1. The summed E-state index contributed by atoms with van der Waals surface area (Å²) in [5, 5.41) is 9.14. The minimum Gasteiger partial charge on any atom is -0.480 e. The van der Waals surface area contributed by atoms with E-state index in [9.17, 15) is 18.3 Å². The number of hydrogen-bond acceptors (Lipinski definition) is 4. The van der Waals surface area contributed by atoms with Gasteiger partial charge >= 0.3 is 5.97 Å². The number of nitrogens with zero attached hydrogens (tertiary/aromatic N) is 2. The third-order valence-electron chi connectivity index (χ3n) is 3.34. The fourth-order valence-corrected chi connectivity index (χ4v) is 3.42. The van der Waals surface area contributed by atoms with Gasteiger partial charge in [0.05, 0.1) is 6.33 Å². The molecule has 0 aliphatic heterocycles. The van der Waals surface area contributed by atoms with Crippen molar-refractivity contribution in [3.63, 3.8) is 0 Å². The van der Waals surface area contributed by atoms with E-state index in [1.807, 2.05) is 19.9 Å². The van der Waals surface area contributed by atoms with Crippen LogP contribution in [0.2, 0.25) is 0 Å². The second-order valence-corrected chi connectivity index (χ2v) is 7.67. The van der Waals surface area contributed by atoms with Crippen LogP contribution in [0.5, 0.6) is 0 Å². The number of rotatable bonds is 8. The summed E-state index contributed by atoms with van der Waals surface area (Å²) in [6.07, 6.45) is 2.90. The molecule has 1 heterocycles. The Hall–Kier alpha value is -2.19. The molecule has 0 amide bonds. The molecular weight excluding hydrogens is 330 g/mol. The zero-order chi connectivity index (χ0) is 17.7. The Bertz CT molecular complexity index is 785. The third kappa shape index (κ3) is 4.90. The van der Waals surface area contributed by atoms with Crippen LogP contribution < -0.4 is 4.72 Å². The molecule has 0 fully saturated rings. The minimum absolute atomic E-state index is 0.0576. The van der Waals surface area contributed by atoms with Crippen LogP contribution in [0.15, 0.2) is 47.9 Å². The molecular formula is C16H21N3O4S. The van der Waals surface area contributed by atoms with Crippen molar-refractivity contribution in [1.82, 2.24) is 14.3 Å². The third-order valence-corrected chi connectivity index (χ3v) is 4.70. The Morgan fingerprint density at radius 3 is 2.54 bits per heavy atom. The molecule has 0 aliphatic carbocycles. The van der Waals surface area contributed by atoms with Gasteiger partial charge in [0.2, 0.25) is 0 Å². The van der Waals surface area contributed by atoms with Gasteiger partial charge in [-0.2, -0.15) is 4.72 Å². The van der Waals surface area contributed by atoms with E-state index in [0.29, 0.717) is 12.5 Å². The lowest BCUT2D eigenvalue weighted by Gasteiger charge is -2.14. The number of carboxylic acid groups (broad SMARTS) is 1. The number of aromatic nitrogens is 2. The van der Waals surface area contributed by atoms with E-state index in [0.717, 1.165) is 5.56 Å². The molecule has 24 heavy (non-hydrogen) atoms. The lowest BCUT2D eigenvalue weighted by Crippen LogP contribution is -2.42. The van der Waals surface area contributed by atoms with E-state index in [1.54, 1.807) is 28.8 Å². The molecule has 2 N–H and O–H groups in total. The molecule has 8 heteroatoms. The van der Waals surface area contributed by atoms with Gasteiger partial charge in [-0.15, -0.1) is 0 Å². The van der Waals surface area contributed by atoms with Crippen LogP contribution in [0.25, 0.3) is 0 Å². The molecule has 2 rings (SSSR count). The van der Waals surface area contributed by atoms with Crippen LogP contribution in [-0.4, -0.2) is 35.1 Å². The van der Waals surface area contributed by atoms with Crippen LogP contribution in [-0.2, 0) is 27.8 Å². The van der Waals surface area contributed by atoms with Crippen molar-refractivity contribution >= 4 is 16.0 Å². The summed E-state index contributed by atoms with van der Waals surface area (Å²) in [7, 11) is -4.00. The molecule has 0 aliphatic rings. The quantitative estimate of drug-likeness (QED) is 0.751. The van der Waals surface area contributed by atoms with Gasteiger partial charge < -0.3 is 9.67 Å². The van der Waals surface area contributed by atoms with Gasteiger partial charge in [-0.1, -0.05) is 44.2 Å². The maximum absolute atomic E-state index is 12.4. The lowest BCUT2D eigenvalue weighted by atomic mass is 10.1. The molecule has 1 aromatic carbocycles. The maximum Gasteiger partial charge on any atom is 0.322 e. The Morgan fingerprint density at radius 2 is 1.96 bits per heavy atom. The summed E-state index contributed by atoms with van der Waals surface area (Å²) >= 11 is 0. The topological polar surface area (TPSA) is 101 Å². The maximum atomic E-state index is 12.4. The van der Waals surface area contributed by atoms with Gasteiger partial charge in [-0.25, -0.2) is 13.4 Å². The van der Waals surface area contributed by atoms with E-state index in [2.05, 4.69) is 9.71 Å². The predicted molar refractivity (Wildman–Crippen MR) is 89.0 cm³/mol. The van der Waals surface area contributed by atoms with Crippen LogP contribution in [0.3, 0.4) is 0 Å². The summed E-state index contributed by atoms with van der Waals surface area (Å²) in [5.74, 6) is -0.892. The van der Waals surface area contributed by atoms with Crippen LogP contribution >= 0.6 is 0 Å². The van der Waals surface area contributed by atoms with Crippen molar-refractivity contribution in [2.75, 3.05) is 0 Å². The van der Waals surface area contributed by atoms with Crippen LogP contribution in [0, 0.1) is 5.92 Å². The lowest BCUT2D eigenvalue weighted by molar-refractivity contribution is -0.138. The molecule has 2 aromatic rings. The first kappa shape index (κ1) is 18.2. The fourth-order valence-electron chi connectivity index (χ4n) is 2.28. The first-order valence-electron chi connectivity index (χ1n) is 7.59. The van der Waals surface area contributed by atoms with Crippen molar-refractivity contribution in [3.8, 4) is 0 Å². The highest BCUT2D eigenvalue weighted by molar-refractivity contribution is 7.89. The zero-order valence-corrected chi connectivity index (χ0v) is 14.4. The Morgan fingerprint density at radius 1 is 1.29 bits per heavy atom. The highest BCUT2D eigenvalue weighted by Crippen LogP contribution is 2.10. The molecule has 0 saturated carbocycles. The average Bonchev–Trinajstić information content (AvgIpc) is 2.96. The van der Waals surface area contributed by atoms with Crippen molar-refractivity contribution in [1.29, 1.82) is 0 Å². The fraction of sp³-hybridized carbons (Fsp3) is 0.375. The second kappa shape index (κ2) is 7.59. The zero-order valence-electron chi connectivity index (χ0n) is 13.6. The van der Waals surface area contributed by atoms with Gasteiger partial charge in [-0.05, 0) is 17.9 Å².